The number of methoxy groups -OCH3 is 1. The highest BCUT2D eigenvalue weighted by Gasteiger charge is 2.12. The van der Waals surface area contributed by atoms with Crippen molar-refractivity contribution in [3.8, 4) is 5.75 Å². The zero-order valence-electron chi connectivity index (χ0n) is 10.7. The van der Waals surface area contributed by atoms with Crippen molar-refractivity contribution in [2.75, 3.05) is 26.9 Å². The fourth-order valence-corrected chi connectivity index (χ4v) is 1.47. The van der Waals surface area contributed by atoms with Crippen molar-refractivity contribution in [2.24, 2.45) is 0 Å². The summed E-state index contributed by atoms with van der Waals surface area (Å²) in [6.07, 6.45) is 0.719. The van der Waals surface area contributed by atoms with E-state index in [4.69, 9.17) is 9.47 Å². The average Bonchev–Trinajstić information content (AvgIpc) is 2.38. The van der Waals surface area contributed by atoms with Crippen LogP contribution in [0.5, 0.6) is 5.75 Å². The molecule has 0 spiro atoms. The number of ether oxygens (including phenoxy) is 2. The zero-order chi connectivity index (χ0) is 13.4. The maximum atomic E-state index is 13.1. The van der Waals surface area contributed by atoms with Crippen LogP contribution in [-0.4, -0.2) is 32.8 Å². The third kappa shape index (κ3) is 4.33. The summed E-state index contributed by atoms with van der Waals surface area (Å²) >= 11 is 0. The molecule has 1 amide bonds. The van der Waals surface area contributed by atoms with Crippen LogP contribution < -0.4 is 10.1 Å². The van der Waals surface area contributed by atoms with Gasteiger partial charge in [-0.1, -0.05) is 0 Å². The van der Waals surface area contributed by atoms with E-state index >= 15 is 0 Å². The Morgan fingerprint density at radius 2 is 2.22 bits per heavy atom. The Balaban J connectivity index is 2.52. The molecule has 0 heterocycles. The first-order chi connectivity index (χ1) is 8.69. The topological polar surface area (TPSA) is 47.6 Å². The molecule has 1 aromatic rings. The number of carbonyl (C=O) groups is 1. The first-order valence-electron chi connectivity index (χ1n) is 5.88. The van der Waals surface area contributed by atoms with Gasteiger partial charge < -0.3 is 14.8 Å². The van der Waals surface area contributed by atoms with Crippen molar-refractivity contribution in [3.05, 3.63) is 29.6 Å². The summed E-state index contributed by atoms with van der Waals surface area (Å²) in [6.45, 7) is 3.65. The quantitative estimate of drug-likeness (QED) is 0.758. The molecular weight excluding hydrogens is 237 g/mol. The molecule has 1 N–H and O–H groups in total. The molecule has 0 radical (unpaired) electrons. The van der Waals surface area contributed by atoms with Crippen LogP contribution in [0, 0.1) is 5.82 Å². The summed E-state index contributed by atoms with van der Waals surface area (Å²) in [4.78, 5) is 11.8. The highest BCUT2D eigenvalue weighted by Crippen LogP contribution is 2.18. The fraction of sp³-hybridized carbons (Fsp3) is 0.462. The molecule has 0 aromatic heterocycles. The van der Waals surface area contributed by atoms with E-state index in [2.05, 4.69) is 5.32 Å². The van der Waals surface area contributed by atoms with Crippen LogP contribution in [0.15, 0.2) is 18.2 Å². The molecule has 0 aliphatic rings. The molecule has 5 heteroatoms. The number of halogens is 1. The number of benzene rings is 1. The summed E-state index contributed by atoms with van der Waals surface area (Å²) in [5.41, 5.74) is 0.203. The summed E-state index contributed by atoms with van der Waals surface area (Å²) in [5.74, 6) is -0.447. The van der Waals surface area contributed by atoms with Gasteiger partial charge in [-0.15, -0.1) is 0 Å². The van der Waals surface area contributed by atoms with E-state index in [1.54, 1.807) is 0 Å². The average molecular weight is 255 g/mol. The number of hydrogen-bond donors (Lipinski definition) is 1. The molecule has 0 saturated carbocycles. The number of rotatable bonds is 7. The number of hydrogen-bond acceptors (Lipinski definition) is 3. The van der Waals surface area contributed by atoms with Crippen molar-refractivity contribution in [2.45, 2.75) is 13.3 Å². The van der Waals surface area contributed by atoms with Gasteiger partial charge in [-0.05, 0) is 31.5 Å². The molecule has 18 heavy (non-hydrogen) atoms. The van der Waals surface area contributed by atoms with E-state index in [-0.39, 0.29) is 11.5 Å². The van der Waals surface area contributed by atoms with Crippen LogP contribution in [0.3, 0.4) is 0 Å². The minimum Gasteiger partial charge on any atom is -0.496 e. The largest absolute Gasteiger partial charge is 0.496 e. The van der Waals surface area contributed by atoms with Gasteiger partial charge in [-0.2, -0.15) is 0 Å². The maximum Gasteiger partial charge on any atom is 0.255 e. The molecule has 100 valence electrons. The van der Waals surface area contributed by atoms with E-state index < -0.39 is 5.82 Å². The smallest absolute Gasteiger partial charge is 0.255 e. The Morgan fingerprint density at radius 1 is 1.44 bits per heavy atom. The third-order valence-electron chi connectivity index (χ3n) is 2.36. The number of amides is 1. The molecule has 0 aliphatic heterocycles. The van der Waals surface area contributed by atoms with E-state index in [1.807, 2.05) is 6.92 Å². The van der Waals surface area contributed by atoms with Crippen LogP contribution in [0.2, 0.25) is 0 Å². The summed E-state index contributed by atoms with van der Waals surface area (Å²) in [6, 6.07) is 3.85. The fourth-order valence-electron chi connectivity index (χ4n) is 1.47. The van der Waals surface area contributed by atoms with E-state index in [0.717, 1.165) is 12.5 Å². The van der Waals surface area contributed by atoms with E-state index in [9.17, 15) is 9.18 Å². The standard InChI is InChI=1S/C13H18FNO3/c1-3-18-8-4-7-15-13(16)11-9-10(14)5-6-12(11)17-2/h5-6,9H,3-4,7-8H2,1-2H3,(H,15,16). The predicted molar refractivity (Wildman–Crippen MR) is 66.4 cm³/mol. The van der Waals surface area contributed by atoms with E-state index in [0.29, 0.717) is 25.5 Å². The van der Waals surface area contributed by atoms with E-state index in [1.165, 1.54) is 19.2 Å². The van der Waals surface area contributed by atoms with Crippen molar-refractivity contribution >= 4 is 5.91 Å². The molecule has 0 aliphatic carbocycles. The minimum atomic E-state index is -0.463. The Morgan fingerprint density at radius 3 is 2.89 bits per heavy atom. The zero-order valence-corrected chi connectivity index (χ0v) is 10.7. The Bertz CT molecular complexity index is 396. The first-order valence-corrected chi connectivity index (χ1v) is 5.88. The Hall–Kier alpha value is -1.62. The lowest BCUT2D eigenvalue weighted by atomic mass is 10.2. The molecular formula is C13H18FNO3. The van der Waals surface area contributed by atoms with Crippen molar-refractivity contribution in [3.63, 3.8) is 0 Å². The van der Waals surface area contributed by atoms with Gasteiger partial charge in [-0.3, -0.25) is 4.79 Å². The maximum absolute atomic E-state index is 13.1. The predicted octanol–water partition coefficient (Wildman–Crippen LogP) is 1.99. The van der Waals surface area contributed by atoms with Gasteiger partial charge in [0.2, 0.25) is 0 Å². The van der Waals surface area contributed by atoms with Crippen LogP contribution in [0.25, 0.3) is 0 Å². The van der Waals surface area contributed by atoms with Crippen LogP contribution >= 0.6 is 0 Å². The second-order valence-electron chi connectivity index (χ2n) is 3.65. The molecule has 1 aromatic carbocycles. The summed E-state index contributed by atoms with van der Waals surface area (Å²) < 4.78 is 23.2. The molecule has 0 atom stereocenters. The van der Waals surface area contributed by atoms with Gasteiger partial charge in [0, 0.05) is 19.8 Å². The second kappa shape index (κ2) is 7.66. The van der Waals surface area contributed by atoms with Crippen LogP contribution in [-0.2, 0) is 4.74 Å². The molecule has 4 nitrogen and oxygen atoms in total. The number of carbonyl (C=O) groups excluding carboxylic acids is 1. The molecule has 1 rings (SSSR count). The lowest BCUT2D eigenvalue weighted by Gasteiger charge is -2.09. The van der Waals surface area contributed by atoms with Gasteiger partial charge in [0.15, 0.2) is 0 Å². The van der Waals surface area contributed by atoms with Crippen molar-refractivity contribution in [1.29, 1.82) is 0 Å². The summed E-state index contributed by atoms with van der Waals surface area (Å²) in [7, 11) is 1.44. The lowest BCUT2D eigenvalue weighted by molar-refractivity contribution is 0.0941. The molecule has 0 saturated heterocycles. The van der Waals surface area contributed by atoms with Gasteiger partial charge in [-0.25, -0.2) is 4.39 Å². The lowest BCUT2D eigenvalue weighted by Crippen LogP contribution is -2.25. The number of nitrogens with one attached hydrogen (secondary N) is 1. The highest BCUT2D eigenvalue weighted by atomic mass is 19.1. The van der Waals surface area contributed by atoms with Crippen molar-refractivity contribution in [1.82, 2.24) is 5.32 Å². The molecule has 0 bridgehead atoms. The third-order valence-corrected chi connectivity index (χ3v) is 2.36. The van der Waals surface area contributed by atoms with Gasteiger partial charge in [0.25, 0.3) is 5.91 Å². The first kappa shape index (κ1) is 14.4. The SMILES string of the molecule is CCOCCCNC(=O)c1cc(F)ccc1OC. The van der Waals surface area contributed by atoms with Crippen LogP contribution in [0.4, 0.5) is 4.39 Å². The minimum absolute atomic E-state index is 0.203. The highest BCUT2D eigenvalue weighted by molar-refractivity contribution is 5.96. The second-order valence-corrected chi connectivity index (χ2v) is 3.65. The normalized spacial score (nSPS) is 10.2. The molecule has 0 fully saturated rings. The summed E-state index contributed by atoms with van der Waals surface area (Å²) in [5, 5.41) is 2.69. The Labute approximate surface area is 106 Å². The van der Waals surface area contributed by atoms with Crippen LogP contribution in [0.1, 0.15) is 23.7 Å². The van der Waals surface area contributed by atoms with Gasteiger partial charge >= 0.3 is 0 Å². The Kier molecular flexibility index (Phi) is 6.14. The molecule has 0 unspecified atom stereocenters. The monoisotopic (exact) mass is 255 g/mol. The van der Waals surface area contributed by atoms with Gasteiger partial charge in [0.05, 0.1) is 12.7 Å². The van der Waals surface area contributed by atoms with Crippen molar-refractivity contribution < 1.29 is 18.7 Å². The van der Waals surface area contributed by atoms with Gasteiger partial charge in [0.1, 0.15) is 11.6 Å².